The Morgan fingerprint density at radius 3 is 2.09 bits per heavy atom. The summed E-state index contributed by atoms with van der Waals surface area (Å²) in [6.45, 7) is 7.56. The van der Waals surface area contributed by atoms with Crippen LogP contribution in [0.5, 0.6) is 0 Å². The number of hydrogen-bond donors (Lipinski definition) is 1. The monoisotopic (exact) mass is 304 g/mol. The first-order valence-corrected chi connectivity index (χ1v) is 7.46. The van der Waals surface area contributed by atoms with E-state index >= 15 is 0 Å². The van der Waals surface area contributed by atoms with Crippen LogP contribution in [0.2, 0.25) is 0 Å². The van der Waals surface area contributed by atoms with E-state index in [9.17, 15) is 9.59 Å². The van der Waals surface area contributed by atoms with Crippen molar-refractivity contribution in [1.29, 1.82) is 0 Å². The van der Waals surface area contributed by atoms with Gasteiger partial charge in [0.1, 0.15) is 5.71 Å². The number of hydrogen-bond acceptors (Lipinski definition) is 3. The Morgan fingerprint density at radius 1 is 1.18 bits per heavy atom. The van der Waals surface area contributed by atoms with Crippen molar-refractivity contribution in [3.8, 4) is 0 Å². The molecule has 1 aromatic rings. The second-order valence-electron chi connectivity index (χ2n) is 5.35. The number of rotatable bonds is 6. The van der Waals surface area contributed by atoms with Crippen LogP contribution in [-0.4, -0.2) is 34.8 Å². The molecule has 120 valence electrons. The van der Waals surface area contributed by atoms with Gasteiger partial charge in [0.05, 0.1) is 6.42 Å². The van der Waals surface area contributed by atoms with Gasteiger partial charge in [-0.3, -0.25) is 4.79 Å². The molecule has 0 saturated heterocycles. The number of aliphatic carboxylic acids is 1. The maximum atomic E-state index is 12.3. The molecule has 0 aliphatic rings. The zero-order valence-corrected chi connectivity index (χ0v) is 13.9. The normalized spacial score (nSPS) is 11.4. The van der Waals surface area contributed by atoms with Gasteiger partial charge in [-0.25, -0.2) is 9.80 Å². The van der Waals surface area contributed by atoms with Gasteiger partial charge in [-0.1, -0.05) is 31.5 Å². The van der Waals surface area contributed by atoms with E-state index in [1.54, 1.807) is 0 Å². The van der Waals surface area contributed by atoms with Gasteiger partial charge in [-0.05, 0) is 43.4 Å². The summed E-state index contributed by atoms with van der Waals surface area (Å²) in [5.41, 5.74) is 4.45. The van der Waals surface area contributed by atoms with Crippen molar-refractivity contribution in [3.05, 3.63) is 34.4 Å². The van der Waals surface area contributed by atoms with E-state index in [-0.39, 0.29) is 18.0 Å². The third-order valence-electron chi connectivity index (χ3n) is 3.64. The van der Waals surface area contributed by atoms with Crippen molar-refractivity contribution in [2.75, 3.05) is 7.05 Å². The molecule has 0 aromatic heterocycles. The summed E-state index contributed by atoms with van der Waals surface area (Å²) < 4.78 is 0. The number of carboxylic acid groups (broad SMARTS) is 1. The Bertz CT molecular complexity index is 581. The van der Waals surface area contributed by atoms with Crippen LogP contribution in [-0.2, 0) is 28.9 Å². The Kier molecular flexibility index (Phi) is 6.28. The van der Waals surface area contributed by atoms with Gasteiger partial charge in [-0.2, -0.15) is 5.10 Å². The molecule has 0 radical (unpaired) electrons. The molecular weight excluding hydrogens is 280 g/mol. The Hall–Kier alpha value is -2.17. The first-order chi connectivity index (χ1) is 10.3. The van der Waals surface area contributed by atoms with E-state index in [2.05, 4.69) is 38.0 Å². The van der Waals surface area contributed by atoms with Crippen molar-refractivity contribution in [2.24, 2.45) is 5.10 Å². The fourth-order valence-corrected chi connectivity index (χ4v) is 2.42. The summed E-state index contributed by atoms with van der Waals surface area (Å²) in [6, 6.07) is 4.21. The lowest BCUT2D eigenvalue weighted by Crippen LogP contribution is -2.26. The highest BCUT2D eigenvalue weighted by molar-refractivity contribution is 6.34. The third kappa shape index (κ3) is 4.41. The molecule has 0 aliphatic heterocycles. The predicted octanol–water partition coefficient (Wildman–Crippen LogP) is 2.58. The number of benzene rings is 1. The maximum Gasteiger partial charge on any atom is 0.351 e. The fraction of sp³-hybridized carbons (Fsp3) is 0.471. The molecule has 0 saturated carbocycles. The van der Waals surface area contributed by atoms with E-state index in [1.807, 2.05) is 0 Å². The number of hydrazone groups is 1. The van der Waals surface area contributed by atoms with Gasteiger partial charge in [0, 0.05) is 7.05 Å². The Labute approximate surface area is 131 Å². The molecule has 1 aromatic carbocycles. The van der Waals surface area contributed by atoms with Crippen molar-refractivity contribution in [1.82, 2.24) is 5.01 Å². The van der Waals surface area contributed by atoms with Crippen molar-refractivity contribution in [3.63, 3.8) is 0 Å². The summed E-state index contributed by atoms with van der Waals surface area (Å²) >= 11 is 0. The number of likely N-dealkylation sites (N-methyl/N-ethyl adjacent to an activating group) is 1. The molecule has 1 rings (SSSR count). The Morgan fingerprint density at radius 2 is 1.68 bits per heavy atom. The van der Waals surface area contributed by atoms with Gasteiger partial charge in [-0.15, -0.1) is 0 Å². The molecule has 0 fully saturated rings. The first kappa shape index (κ1) is 17.9. The van der Waals surface area contributed by atoms with Crippen LogP contribution < -0.4 is 0 Å². The highest BCUT2D eigenvalue weighted by atomic mass is 16.4. The SMILES string of the molecule is CCc1cc(C)cc(CC)c1CC(=O)N(C)N=C(C)C(=O)O. The molecule has 0 unspecified atom stereocenters. The minimum absolute atomic E-state index is 0.105. The first-order valence-electron chi connectivity index (χ1n) is 7.46. The lowest BCUT2D eigenvalue weighted by Gasteiger charge is -2.17. The molecule has 22 heavy (non-hydrogen) atoms. The van der Waals surface area contributed by atoms with E-state index in [0.717, 1.165) is 34.5 Å². The average molecular weight is 304 g/mol. The number of amides is 1. The number of aryl methyl sites for hydroxylation is 3. The summed E-state index contributed by atoms with van der Waals surface area (Å²) in [5, 5.41) is 13.7. The third-order valence-corrected chi connectivity index (χ3v) is 3.64. The Balaban J connectivity index is 3.06. The van der Waals surface area contributed by atoms with Crippen molar-refractivity contribution >= 4 is 17.6 Å². The number of carboxylic acids is 1. The van der Waals surface area contributed by atoms with Gasteiger partial charge >= 0.3 is 5.97 Å². The van der Waals surface area contributed by atoms with Crippen LogP contribution in [0.3, 0.4) is 0 Å². The number of carbonyl (C=O) groups is 2. The van der Waals surface area contributed by atoms with Crippen LogP contribution in [0, 0.1) is 6.92 Å². The highest BCUT2D eigenvalue weighted by Crippen LogP contribution is 2.20. The zero-order chi connectivity index (χ0) is 16.9. The van der Waals surface area contributed by atoms with Gasteiger partial charge < -0.3 is 5.11 Å². The lowest BCUT2D eigenvalue weighted by atomic mass is 9.92. The smallest absolute Gasteiger partial charge is 0.351 e. The van der Waals surface area contributed by atoms with E-state index < -0.39 is 5.97 Å². The van der Waals surface area contributed by atoms with E-state index in [0.29, 0.717) is 0 Å². The number of carbonyl (C=O) groups excluding carboxylic acids is 1. The van der Waals surface area contributed by atoms with Gasteiger partial charge in [0.15, 0.2) is 0 Å². The average Bonchev–Trinajstić information content (AvgIpc) is 2.47. The summed E-state index contributed by atoms with van der Waals surface area (Å²) in [7, 11) is 1.49. The second-order valence-corrected chi connectivity index (χ2v) is 5.35. The van der Waals surface area contributed by atoms with Crippen molar-refractivity contribution < 1.29 is 14.7 Å². The molecule has 1 N–H and O–H groups in total. The van der Waals surface area contributed by atoms with Crippen LogP contribution in [0.25, 0.3) is 0 Å². The van der Waals surface area contributed by atoms with Gasteiger partial charge in [0.25, 0.3) is 0 Å². The molecule has 5 heteroatoms. The fourth-order valence-electron chi connectivity index (χ4n) is 2.42. The zero-order valence-electron chi connectivity index (χ0n) is 13.9. The molecular formula is C17H24N2O3. The highest BCUT2D eigenvalue weighted by Gasteiger charge is 2.16. The molecule has 0 heterocycles. The molecule has 0 bridgehead atoms. The summed E-state index contributed by atoms with van der Waals surface area (Å²) in [4.78, 5) is 23.1. The second kappa shape index (κ2) is 7.73. The van der Waals surface area contributed by atoms with Crippen LogP contribution in [0.4, 0.5) is 0 Å². The van der Waals surface area contributed by atoms with Crippen LogP contribution in [0.15, 0.2) is 17.2 Å². The van der Waals surface area contributed by atoms with Crippen LogP contribution >= 0.6 is 0 Å². The topological polar surface area (TPSA) is 70.0 Å². The van der Waals surface area contributed by atoms with Crippen LogP contribution in [0.1, 0.15) is 43.0 Å². The molecule has 0 atom stereocenters. The minimum Gasteiger partial charge on any atom is -0.477 e. The number of nitrogens with zero attached hydrogens (tertiary/aromatic N) is 2. The minimum atomic E-state index is -1.13. The summed E-state index contributed by atoms with van der Waals surface area (Å²) in [5.74, 6) is -1.34. The summed E-state index contributed by atoms with van der Waals surface area (Å²) in [6.07, 6.45) is 1.95. The molecule has 0 spiro atoms. The predicted molar refractivity (Wildman–Crippen MR) is 87.2 cm³/mol. The lowest BCUT2D eigenvalue weighted by molar-refractivity contribution is -0.130. The standard InChI is InChI=1S/C17H24N2O3/c1-6-13-8-11(3)9-14(7-2)15(13)10-16(20)19(5)18-12(4)17(21)22/h8-9H,6-7,10H2,1-5H3,(H,21,22). The quantitative estimate of drug-likeness (QED) is 0.648. The largest absolute Gasteiger partial charge is 0.477 e. The molecule has 1 amide bonds. The molecule has 5 nitrogen and oxygen atoms in total. The van der Waals surface area contributed by atoms with Gasteiger partial charge in [0.2, 0.25) is 5.91 Å². The van der Waals surface area contributed by atoms with Crippen molar-refractivity contribution in [2.45, 2.75) is 47.0 Å². The van der Waals surface area contributed by atoms with E-state index in [4.69, 9.17) is 5.11 Å². The molecule has 0 aliphatic carbocycles. The maximum absolute atomic E-state index is 12.3. The van der Waals surface area contributed by atoms with E-state index in [1.165, 1.54) is 19.5 Å².